The van der Waals surface area contributed by atoms with E-state index in [2.05, 4.69) is 5.32 Å². The SMILES string of the molecule is CCN(C(=O)[C@@H]1CCC(=O)N1)c1ccccc1. The van der Waals surface area contributed by atoms with Crippen molar-refractivity contribution < 1.29 is 9.59 Å². The van der Waals surface area contributed by atoms with Crippen molar-refractivity contribution in [2.45, 2.75) is 25.8 Å². The second kappa shape index (κ2) is 4.99. The third-order valence-electron chi connectivity index (χ3n) is 2.94. The molecule has 0 saturated carbocycles. The van der Waals surface area contributed by atoms with Gasteiger partial charge in [0, 0.05) is 18.7 Å². The monoisotopic (exact) mass is 232 g/mol. The molecule has 0 aromatic heterocycles. The summed E-state index contributed by atoms with van der Waals surface area (Å²) in [6.07, 6.45) is 1.05. The van der Waals surface area contributed by atoms with E-state index in [0.717, 1.165) is 5.69 Å². The first-order valence-electron chi connectivity index (χ1n) is 5.88. The van der Waals surface area contributed by atoms with Gasteiger partial charge in [-0.2, -0.15) is 0 Å². The predicted octanol–water partition coefficient (Wildman–Crippen LogP) is 1.32. The summed E-state index contributed by atoms with van der Waals surface area (Å²) in [4.78, 5) is 25.1. The van der Waals surface area contributed by atoms with E-state index in [9.17, 15) is 9.59 Å². The maximum atomic E-state index is 12.2. The first-order valence-corrected chi connectivity index (χ1v) is 5.88. The Morgan fingerprint density at radius 2 is 2.12 bits per heavy atom. The lowest BCUT2D eigenvalue weighted by molar-refractivity contribution is -0.124. The number of carbonyl (C=O) groups is 2. The Balaban J connectivity index is 2.14. The van der Waals surface area contributed by atoms with Crippen molar-refractivity contribution in [2.24, 2.45) is 0 Å². The second-order valence-corrected chi connectivity index (χ2v) is 4.08. The molecule has 90 valence electrons. The van der Waals surface area contributed by atoms with E-state index in [1.807, 2.05) is 37.3 Å². The van der Waals surface area contributed by atoms with Crippen LogP contribution in [-0.2, 0) is 9.59 Å². The first kappa shape index (κ1) is 11.6. The Kier molecular flexibility index (Phi) is 3.42. The summed E-state index contributed by atoms with van der Waals surface area (Å²) in [6.45, 7) is 2.54. The minimum atomic E-state index is -0.359. The first-order chi connectivity index (χ1) is 8.22. The van der Waals surface area contributed by atoms with E-state index in [1.54, 1.807) is 4.90 Å². The Bertz CT molecular complexity index is 417. The van der Waals surface area contributed by atoms with Gasteiger partial charge in [-0.25, -0.2) is 0 Å². The fraction of sp³-hybridized carbons (Fsp3) is 0.385. The van der Waals surface area contributed by atoms with Crippen molar-refractivity contribution in [3.63, 3.8) is 0 Å². The van der Waals surface area contributed by atoms with Crippen LogP contribution in [0.15, 0.2) is 30.3 Å². The Morgan fingerprint density at radius 3 is 2.65 bits per heavy atom. The molecule has 1 N–H and O–H groups in total. The van der Waals surface area contributed by atoms with Gasteiger partial charge >= 0.3 is 0 Å². The van der Waals surface area contributed by atoms with Gasteiger partial charge in [0.15, 0.2) is 0 Å². The smallest absolute Gasteiger partial charge is 0.249 e. The van der Waals surface area contributed by atoms with E-state index < -0.39 is 0 Å². The van der Waals surface area contributed by atoms with Crippen LogP contribution in [0.3, 0.4) is 0 Å². The highest BCUT2D eigenvalue weighted by molar-refractivity contribution is 6.00. The van der Waals surface area contributed by atoms with Gasteiger partial charge in [0.05, 0.1) is 0 Å². The summed E-state index contributed by atoms with van der Waals surface area (Å²) in [5, 5.41) is 2.71. The molecule has 1 aliphatic heterocycles. The van der Waals surface area contributed by atoms with Gasteiger partial charge in [0.25, 0.3) is 0 Å². The number of nitrogens with one attached hydrogen (secondary N) is 1. The van der Waals surface area contributed by atoms with Crippen LogP contribution in [0.1, 0.15) is 19.8 Å². The van der Waals surface area contributed by atoms with Gasteiger partial charge in [0.2, 0.25) is 11.8 Å². The van der Waals surface area contributed by atoms with Crippen LogP contribution in [-0.4, -0.2) is 24.4 Å². The standard InChI is InChI=1S/C13H16N2O2/c1-2-15(10-6-4-3-5-7-10)13(17)11-8-9-12(16)14-11/h3-7,11H,2,8-9H2,1H3,(H,14,16)/t11-/m0/s1. The van der Waals surface area contributed by atoms with E-state index >= 15 is 0 Å². The zero-order valence-electron chi connectivity index (χ0n) is 9.85. The number of nitrogens with zero attached hydrogens (tertiary/aromatic N) is 1. The minimum absolute atomic E-state index is 0.0236. The van der Waals surface area contributed by atoms with E-state index in [-0.39, 0.29) is 17.9 Å². The number of hydrogen-bond donors (Lipinski definition) is 1. The lowest BCUT2D eigenvalue weighted by Gasteiger charge is -2.24. The van der Waals surface area contributed by atoms with E-state index in [1.165, 1.54) is 0 Å². The summed E-state index contributed by atoms with van der Waals surface area (Å²) >= 11 is 0. The molecular weight excluding hydrogens is 216 g/mol. The molecule has 1 aromatic carbocycles. The molecule has 1 fully saturated rings. The molecule has 4 heteroatoms. The largest absolute Gasteiger partial charge is 0.344 e. The number of likely N-dealkylation sites (N-methyl/N-ethyl adjacent to an activating group) is 1. The molecule has 0 spiro atoms. The van der Waals surface area contributed by atoms with Crippen LogP contribution in [0.4, 0.5) is 5.69 Å². The lowest BCUT2D eigenvalue weighted by atomic mass is 10.2. The topological polar surface area (TPSA) is 49.4 Å². The average molecular weight is 232 g/mol. The molecule has 1 heterocycles. The molecule has 1 aromatic rings. The van der Waals surface area contributed by atoms with Gasteiger partial charge < -0.3 is 10.2 Å². The van der Waals surface area contributed by atoms with Gasteiger partial charge in [-0.15, -0.1) is 0 Å². The molecule has 0 radical (unpaired) electrons. The summed E-state index contributed by atoms with van der Waals surface area (Å²) in [5.41, 5.74) is 0.876. The minimum Gasteiger partial charge on any atom is -0.344 e. The maximum absolute atomic E-state index is 12.2. The summed E-state index contributed by atoms with van der Waals surface area (Å²) in [7, 11) is 0. The number of amides is 2. The zero-order valence-corrected chi connectivity index (χ0v) is 9.85. The molecule has 2 rings (SSSR count). The molecule has 0 aliphatic carbocycles. The predicted molar refractivity (Wildman–Crippen MR) is 65.6 cm³/mol. The van der Waals surface area contributed by atoms with E-state index in [4.69, 9.17) is 0 Å². The maximum Gasteiger partial charge on any atom is 0.249 e. The highest BCUT2D eigenvalue weighted by atomic mass is 16.2. The summed E-state index contributed by atoms with van der Waals surface area (Å²) in [5.74, 6) is -0.0583. The van der Waals surface area contributed by atoms with E-state index in [0.29, 0.717) is 19.4 Å². The number of para-hydroxylation sites is 1. The molecule has 4 nitrogen and oxygen atoms in total. The Hall–Kier alpha value is -1.84. The van der Waals surface area contributed by atoms with Crippen molar-refractivity contribution in [2.75, 3.05) is 11.4 Å². The van der Waals surface area contributed by atoms with Crippen molar-refractivity contribution in [1.29, 1.82) is 0 Å². The third-order valence-corrected chi connectivity index (χ3v) is 2.94. The second-order valence-electron chi connectivity index (χ2n) is 4.08. The highest BCUT2D eigenvalue weighted by Crippen LogP contribution is 2.17. The van der Waals surface area contributed by atoms with Crippen LogP contribution < -0.4 is 10.2 Å². The normalized spacial score (nSPS) is 18.9. The lowest BCUT2D eigenvalue weighted by Crippen LogP contribution is -2.44. The van der Waals surface area contributed by atoms with Crippen molar-refractivity contribution in [3.05, 3.63) is 30.3 Å². The van der Waals surface area contributed by atoms with Crippen LogP contribution in [0.2, 0.25) is 0 Å². The highest BCUT2D eigenvalue weighted by Gasteiger charge is 2.30. The van der Waals surface area contributed by atoms with Crippen molar-refractivity contribution in [3.8, 4) is 0 Å². The van der Waals surface area contributed by atoms with Crippen molar-refractivity contribution in [1.82, 2.24) is 5.32 Å². The Labute approximate surface area is 101 Å². The van der Waals surface area contributed by atoms with Gasteiger partial charge in [-0.05, 0) is 25.5 Å². The Morgan fingerprint density at radius 1 is 1.41 bits per heavy atom. The number of anilines is 1. The van der Waals surface area contributed by atoms with Crippen LogP contribution in [0, 0.1) is 0 Å². The fourth-order valence-corrected chi connectivity index (χ4v) is 2.06. The number of benzene rings is 1. The number of carbonyl (C=O) groups excluding carboxylic acids is 2. The summed E-state index contributed by atoms with van der Waals surface area (Å²) < 4.78 is 0. The number of rotatable bonds is 3. The molecular formula is C13H16N2O2. The molecule has 1 aliphatic rings. The molecule has 0 unspecified atom stereocenters. The van der Waals surface area contributed by atoms with Gasteiger partial charge in [-0.3, -0.25) is 9.59 Å². The summed E-state index contributed by atoms with van der Waals surface area (Å²) in [6, 6.07) is 9.16. The van der Waals surface area contributed by atoms with Crippen LogP contribution in [0.5, 0.6) is 0 Å². The zero-order chi connectivity index (χ0) is 12.3. The molecule has 1 atom stereocenters. The van der Waals surface area contributed by atoms with Crippen molar-refractivity contribution >= 4 is 17.5 Å². The molecule has 0 bridgehead atoms. The fourth-order valence-electron chi connectivity index (χ4n) is 2.06. The third kappa shape index (κ3) is 2.46. The number of hydrogen-bond acceptors (Lipinski definition) is 2. The quantitative estimate of drug-likeness (QED) is 0.854. The van der Waals surface area contributed by atoms with Crippen LogP contribution >= 0.6 is 0 Å². The average Bonchev–Trinajstić information content (AvgIpc) is 2.78. The molecule has 2 amide bonds. The molecule has 17 heavy (non-hydrogen) atoms. The molecule has 1 saturated heterocycles. The van der Waals surface area contributed by atoms with Crippen LogP contribution in [0.25, 0.3) is 0 Å². The van der Waals surface area contributed by atoms with Gasteiger partial charge in [0.1, 0.15) is 6.04 Å². The van der Waals surface area contributed by atoms with Gasteiger partial charge in [-0.1, -0.05) is 18.2 Å².